The molecule has 0 saturated carbocycles. The quantitative estimate of drug-likeness (QED) is 0.568. The molecule has 1 N–H and O–H groups in total. The third-order valence-corrected chi connectivity index (χ3v) is 3.84. The van der Waals surface area contributed by atoms with Gasteiger partial charge < -0.3 is 14.8 Å². The lowest BCUT2D eigenvalue weighted by Crippen LogP contribution is -2.30. The third-order valence-electron chi connectivity index (χ3n) is 3.84. The number of nitrogens with one attached hydrogen (secondary N) is 1. The van der Waals surface area contributed by atoms with Crippen molar-refractivity contribution in [2.45, 2.75) is 33.3 Å². The van der Waals surface area contributed by atoms with E-state index < -0.39 is 18.0 Å². The van der Waals surface area contributed by atoms with Gasteiger partial charge in [-0.25, -0.2) is 0 Å². The zero-order chi connectivity index (χ0) is 19.8. The zero-order valence-electron chi connectivity index (χ0n) is 15.7. The van der Waals surface area contributed by atoms with Gasteiger partial charge in [-0.05, 0) is 45.0 Å². The van der Waals surface area contributed by atoms with E-state index in [0.29, 0.717) is 17.0 Å². The summed E-state index contributed by atoms with van der Waals surface area (Å²) in [6.45, 7) is 5.03. The van der Waals surface area contributed by atoms with Crippen molar-refractivity contribution < 1.29 is 23.9 Å². The Hall–Kier alpha value is -3.15. The second kappa shape index (κ2) is 9.52. The standard InChI is InChI=1S/C21H23NO5/c1-14-8-10-17(11-9-14)26-13-12-20(24)27-16(3)21(25)22-19-7-5-4-6-18(19)15(2)23/h4-11,16H,12-13H2,1-3H3,(H,22,25)/t16-/m0/s1. The zero-order valence-corrected chi connectivity index (χ0v) is 15.7. The van der Waals surface area contributed by atoms with Crippen LogP contribution in [0.4, 0.5) is 5.69 Å². The fourth-order valence-corrected chi connectivity index (χ4v) is 2.33. The molecule has 0 aliphatic rings. The summed E-state index contributed by atoms with van der Waals surface area (Å²) in [7, 11) is 0. The van der Waals surface area contributed by atoms with Gasteiger partial charge in [0.25, 0.3) is 5.91 Å². The van der Waals surface area contributed by atoms with Crippen molar-refractivity contribution in [3.8, 4) is 5.75 Å². The average molecular weight is 369 g/mol. The Kier molecular flexibility index (Phi) is 7.11. The number of hydrogen-bond donors (Lipinski definition) is 1. The first-order chi connectivity index (χ1) is 12.9. The highest BCUT2D eigenvalue weighted by Crippen LogP contribution is 2.16. The first kappa shape index (κ1) is 20.2. The molecule has 0 heterocycles. The van der Waals surface area contributed by atoms with Crippen LogP contribution in [0.15, 0.2) is 48.5 Å². The van der Waals surface area contributed by atoms with E-state index in [1.807, 2.05) is 31.2 Å². The molecule has 0 saturated heterocycles. The summed E-state index contributed by atoms with van der Waals surface area (Å²) in [5.41, 5.74) is 1.91. The summed E-state index contributed by atoms with van der Waals surface area (Å²) in [6.07, 6.45) is -0.966. The molecule has 1 amide bonds. The van der Waals surface area contributed by atoms with Gasteiger partial charge in [0.15, 0.2) is 11.9 Å². The number of esters is 1. The number of hydrogen-bond acceptors (Lipinski definition) is 5. The van der Waals surface area contributed by atoms with Gasteiger partial charge in [-0.3, -0.25) is 14.4 Å². The molecule has 2 aromatic carbocycles. The van der Waals surface area contributed by atoms with E-state index in [1.165, 1.54) is 13.8 Å². The van der Waals surface area contributed by atoms with Gasteiger partial charge in [-0.15, -0.1) is 0 Å². The number of Topliss-reactive ketones (excluding diaryl/α,β-unsaturated/α-hetero) is 1. The predicted molar refractivity (Wildman–Crippen MR) is 102 cm³/mol. The van der Waals surface area contributed by atoms with E-state index >= 15 is 0 Å². The Labute approximate surface area is 158 Å². The van der Waals surface area contributed by atoms with Crippen molar-refractivity contribution in [1.82, 2.24) is 0 Å². The fourth-order valence-electron chi connectivity index (χ4n) is 2.33. The molecule has 0 fully saturated rings. The number of benzene rings is 2. The van der Waals surface area contributed by atoms with Gasteiger partial charge in [0.1, 0.15) is 5.75 Å². The van der Waals surface area contributed by atoms with E-state index in [9.17, 15) is 14.4 Å². The van der Waals surface area contributed by atoms with Gasteiger partial charge in [0.05, 0.1) is 18.7 Å². The average Bonchev–Trinajstić information content (AvgIpc) is 2.63. The maximum Gasteiger partial charge on any atom is 0.310 e. The molecule has 0 radical (unpaired) electrons. The van der Waals surface area contributed by atoms with Crippen LogP contribution in [0.3, 0.4) is 0 Å². The van der Waals surface area contributed by atoms with Crippen LogP contribution in [0.1, 0.15) is 36.2 Å². The van der Waals surface area contributed by atoms with E-state index in [-0.39, 0.29) is 18.8 Å². The summed E-state index contributed by atoms with van der Waals surface area (Å²) in [5, 5.41) is 2.62. The molecular formula is C21H23NO5. The van der Waals surface area contributed by atoms with Crippen molar-refractivity contribution in [1.29, 1.82) is 0 Å². The molecule has 0 bridgehead atoms. The summed E-state index contributed by atoms with van der Waals surface area (Å²) in [5.74, 6) is -0.537. The number of rotatable bonds is 8. The summed E-state index contributed by atoms with van der Waals surface area (Å²) < 4.78 is 10.6. The lowest BCUT2D eigenvalue weighted by molar-refractivity contribution is -0.153. The topological polar surface area (TPSA) is 81.7 Å². The Morgan fingerprint density at radius 1 is 1.04 bits per heavy atom. The number of amides is 1. The van der Waals surface area contributed by atoms with Crippen LogP contribution in [0.2, 0.25) is 0 Å². The number of carbonyl (C=O) groups is 3. The van der Waals surface area contributed by atoms with Crippen molar-refractivity contribution >= 4 is 23.3 Å². The highest BCUT2D eigenvalue weighted by atomic mass is 16.5. The molecule has 6 heteroatoms. The first-order valence-corrected chi connectivity index (χ1v) is 8.66. The van der Waals surface area contributed by atoms with Crippen molar-refractivity contribution in [3.63, 3.8) is 0 Å². The Balaban J connectivity index is 1.80. The summed E-state index contributed by atoms with van der Waals surface area (Å²) in [4.78, 5) is 35.7. The maximum absolute atomic E-state index is 12.2. The minimum absolute atomic E-state index is 0.0233. The highest BCUT2D eigenvalue weighted by molar-refractivity contribution is 6.04. The van der Waals surface area contributed by atoms with Crippen LogP contribution in [-0.4, -0.2) is 30.4 Å². The number of ketones is 1. The van der Waals surface area contributed by atoms with E-state index in [2.05, 4.69) is 5.32 Å². The number of para-hydroxylation sites is 1. The molecule has 0 aliphatic heterocycles. The maximum atomic E-state index is 12.2. The molecule has 1 atom stereocenters. The van der Waals surface area contributed by atoms with Gasteiger partial charge in [-0.2, -0.15) is 0 Å². The summed E-state index contributed by atoms with van der Waals surface area (Å²) in [6, 6.07) is 14.1. The molecule has 0 spiro atoms. The Bertz CT molecular complexity index is 814. The van der Waals surface area contributed by atoms with Crippen molar-refractivity contribution in [3.05, 3.63) is 59.7 Å². The van der Waals surface area contributed by atoms with E-state index in [4.69, 9.17) is 9.47 Å². The molecular weight excluding hydrogens is 346 g/mol. The third kappa shape index (κ3) is 6.26. The second-order valence-electron chi connectivity index (χ2n) is 6.13. The van der Waals surface area contributed by atoms with E-state index in [1.54, 1.807) is 24.3 Å². The van der Waals surface area contributed by atoms with Crippen LogP contribution in [0.25, 0.3) is 0 Å². The first-order valence-electron chi connectivity index (χ1n) is 8.66. The van der Waals surface area contributed by atoms with Crippen LogP contribution >= 0.6 is 0 Å². The molecule has 2 aromatic rings. The van der Waals surface area contributed by atoms with E-state index in [0.717, 1.165) is 5.56 Å². The number of aryl methyl sites for hydroxylation is 1. The van der Waals surface area contributed by atoms with Gasteiger partial charge in [-0.1, -0.05) is 29.8 Å². The van der Waals surface area contributed by atoms with Crippen LogP contribution in [0.5, 0.6) is 5.75 Å². The number of anilines is 1. The predicted octanol–water partition coefficient (Wildman–Crippen LogP) is 3.54. The SMILES string of the molecule is CC(=O)c1ccccc1NC(=O)[C@H](C)OC(=O)CCOc1ccc(C)cc1. The van der Waals surface area contributed by atoms with Crippen molar-refractivity contribution in [2.24, 2.45) is 0 Å². The van der Waals surface area contributed by atoms with Crippen molar-refractivity contribution in [2.75, 3.05) is 11.9 Å². The molecule has 0 unspecified atom stereocenters. The number of carbonyl (C=O) groups excluding carboxylic acids is 3. The Morgan fingerprint density at radius 3 is 2.37 bits per heavy atom. The largest absolute Gasteiger partial charge is 0.493 e. The number of ether oxygens (including phenoxy) is 2. The molecule has 142 valence electrons. The van der Waals surface area contributed by atoms with Crippen LogP contribution < -0.4 is 10.1 Å². The molecule has 0 aliphatic carbocycles. The molecule has 0 aromatic heterocycles. The Morgan fingerprint density at radius 2 is 1.70 bits per heavy atom. The second-order valence-corrected chi connectivity index (χ2v) is 6.13. The minimum atomic E-state index is -0.989. The molecule has 2 rings (SSSR count). The van der Waals surface area contributed by atoms with Gasteiger partial charge >= 0.3 is 5.97 Å². The minimum Gasteiger partial charge on any atom is -0.493 e. The fraction of sp³-hybridized carbons (Fsp3) is 0.286. The van der Waals surface area contributed by atoms with Gasteiger partial charge in [0.2, 0.25) is 0 Å². The lowest BCUT2D eigenvalue weighted by atomic mass is 10.1. The smallest absolute Gasteiger partial charge is 0.310 e. The lowest BCUT2D eigenvalue weighted by Gasteiger charge is -2.15. The van der Waals surface area contributed by atoms with Crippen LogP contribution in [0, 0.1) is 6.92 Å². The normalized spacial score (nSPS) is 11.4. The van der Waals surface area contributed by atoms with Gasteiger partial charge in [0, 0.05) is 5.56 Å². The van der Waals surface area contributed by atoms with Crippen LogP contribution in [-0.2, 0) is 14.3 Å². The highest BCUT2D eigenvalue weighted by Gasteiger charge is 2.19. The monoisotopic (exact) mass is 369 g/mol. The summed E-state index contributed by atoms with van der Waals surface area (Å²) >= 11 is 0. The molecule has 27 heavy (non-hydrogen) atoms. The molecule has 6 nitrogen and oxygen atoms in total.